The lowest BCUT2D eigenvalue weighted by atomic mass is 9.79. The first kappa shape index (κ1) is 21.7. The van der Waals surface area contributed by atoms with E-state index in [2.05, 4.69) is 36.0 Å². The summed E-state index contributed by atoms with van der Waals surface area (Å²) in [6.07, 6.45) is 0.802. The largest absolute Gasteiger partial charge is 0.435 e. The van der Waals surface area contributed by atoms with Gasteiger partial charge in [0.05, 0.1) is 0 Å². The first-order valence-electron chi connectivity index (χ1n) is 9.28. The summed E-state index contributed by atoms with van der Waals surface area (Å²) in [5, 5.41) is 3.03. The smallest absolute Gasteiger partial charge is 0.387 e. The van der Waals surface area contributed by atoms with E-state index < -0.39 is 6.61 Å². The molecule has 0 aliphatic carbocycles. The normalized spacial score (nSPS) is 12.5. The van der Waals surface area contributed by atoms with E-state index in [0.717, 1.165) is 12.0 Å². The molecular weight excluding hydrogens is 362 g/mol. The van der Waals surface area contributed by atoms with Gasteiger partial charge in [0, 0.05) is 19.6 Å². The van der Waals surface area contributed by atoms with Crippen molar-refractivity contribution >= 4 is 6.03 Å². The van der Waals surface area contributed by atoms with Crippen molar-refractivity contribution in [1.29, 1.82) is 0 Å². The number of carbonyl (C=O) groups excluding carboxylic acids is 1. The Balaban J connectivity index is 1.87. The number of hydrogen-bond donors (Lipinski definition) is 1. The number of nitrogens with zero attached hydrogens (tertiary/aromatic N) is 1. The van der Waals surface area contributed by atoms with Gasteiger partial charge in [-0.2, -0.15) is 8.78 Å². The topological polar surface area (TPSA) is 41.6 Å². The molecule has 0 aliphatic heterocycles. The molecule has 1 N–H and O–H groups in total. The maximum Gasteiger partial charge on any atom is 0.387 e. The van der Waals surface area contributed by atoms with Gasteiger partial charge in [0.25, 0.3) is 0 Å². The maximum absolute atomic E-state index is 12.5. The number of urea groups is 1. The molecule has 152 valence electrons. The maximum atomic E-state index is 12.5. The number of carbonyl (C=O) groups is 1. The molecule has 0 heterocycles. The molecule has 0 saturated heterocycles. The Labute approximate surface area is 165 Å². The number of hydrogen-bond acceptors (Lipinski definition) is 2. The fraction of sp³-hybridized carbons (Fsp3) is 0.409. The van der Waals surface area contributed by atoms with Gasteiger partial charge in [0.1, 0.15) is 5.75 Å². The molecule has 6 heteroatoms. The zero-order valence-corrected chi connectivity index (χ0v) is 16.8. The minimum absolute atomic E-state index is 0.00743. The second-order valence-electron chi connectivity index (χ2n) is 7.68. The van der Waals surface area contributed by atoms with Crippen molar-refractivity contribution in [2.45, 2.75) is 51.8 Å². The first-order valence-corrected chi connectivity index (χ1v) is 9.28. The van der Waals surface area contributed by atoms with Gasteiger partial charge in [-0.3, -0.25) is 0 Å². The van der Waals surface area contributed by atoms with E-state index in [1.165, 1.54) is 17.7 Å². The molecular formula is C22H28F2N2O2. The molecule has 0 spiro atoms. The molecule has 0 bridgehead atoms. The standard InChI is InChI=1S/C22H28F2N2O2/c1-16(14-22(2,3)18-8-6-5-7-9-18)25-21(27)26(4)15-17-10-12-19(13-11-17)28-20(23)24/h5-13,16,20H,14-15H2,1-4H3,(H,25,27). The van der Waals surface area contributed by atoms with Gasteiger partial charge in [-0.1, -0.05) is 56.3 Å². The third-order valence-corrected chi connectivity index (χ3v) is 4.66. The van der Waals surface area contributed by atoms with Crippen molar-refractivity contribution in [3.05, 3.63) is 65.7 Å². The summed E-state index contributed by atoms with van der Waals surface area (Å²) in [5.41, 5.74) is 2.00. The monoisotopic (exact) mass is 390 g/mol. The van der Waals surface area contributed by atoms with Crippen LogP contribution in [-0.2, 0) is 12.0 Å². The van der Waals surface area contributed by atoms with Crippen LogP contribution in [0.1, 0.15) is 38.3 Å². The molecule has 28 heavy (non-hydrogen) atoms. The highest BCUT2D eigenvalue weighted by Gasteiger charge is 2.24. The van der Waals surface area contributed by atoms with Crippen molar-refractivity contribution in [2.75, 3.05) is 7.05 Å². The minimum Gasteiger partial charge on any atom is -0.435 e. The van der Waals surface area contributed by atoms with E-state index in [9.17, 15) is 13.6 Å². The van der Waals surface area contributed by atoms with E-state index in [0.29, 0.717) is 6.54 Å². The number of amides is 2. The molecule has 2 aromatic rings. The molecule has 2 amide bonds. The van der Waals surface area contributed by atoms with Crippen LogP contribution in [0.4, 0.5) is 13.6 Å². The van der Waals surface area contributed by atoms with E-state index in [-0.39, 0.29) is 23.2 Å². The fourth-order valence-corrected chi connectivity index (χ4v) is 3.27. The third kappa shape index (κ3) is 6.51. The van der Waals surface area contributed by atoms with E-state index >= 15 is 0 Å². The van der Waals surface area contributed by atoms with Crippen LogP contribution < -0.4 is 10.1 Å². The molecule has 0 aromatic heterocycles. The van der Waals surface area contributed by atoms with Gasteiger partial charge >= 0.3 is 12.6 Å². The van der Waals surface area contributed by atoms with Crippen molar-refractivity contribution < 1.29 is 18.3 Å². The highest BCUT2D eigenvalue weighted by molar-refractivity contribution is 5.74. The SMILES string of the molecule is CC(CC(C)(C)c1ccccc1)NC(=O)N(C)Cc1ccc(OC(F)F)cc1. The first-order chi connectivity index (χ1) is 13.2. The predicted molar refractivity (Wildman–Crippen MR) is 107 cm³/mol. The molecule has 0 saturated carbocycles. The third-order valence-electron chi connectivity index (χ3n) is 4.66. The van der Waals surface area contributed by atoms with Gasteiger partial charge in [-0.05, 0) is 42.0 Å². The average molecular weight is 390 g/mol. The molecule has 2 rings (SSSR count). The van der Waals surface area contributed by atoms with Crippen molar-refractivity contribution in [3.63, 3.8) is 0 Å². The number of rotatable bonds is 8. The van der Waals surface area contributed by atoms with Crippen LogP contribution >= 0.6 is 0 Å². The lowest BCUT2D eigenvalue weighted by Gasteiger charge is -2.30. The highest BCUT2D eigenvalue weighted by Crippen LogP contribution is 2.28. The van der Waals surface area contributed by atoms with Crippen molar-refractivity contribution in [3.8, 4) is 5.75 Å². The zero-order chi connectivity index (χ0) is 20.7. The predicted octanol–water partition coefficient (Wildman–Crippen LogP) is 5.19. The molecule has 2 aromatic carbocycles. The summed E-state index contributed by atoms with van der Waals surface area (Å²) in [6.45, 7) is 3.85. The van der Waals surface area contributed by atoms with Gasteiger partial charge < -0.3 is 15.0 Å². The van der Waals surface area contributed by atoms with Crippen LogP contribution in [-0.4, -0.2) is 30.6 Å². The van der Waals surface area contributed by atoms with E-state index in [4.69, 9.17) is 0 Å². The quantitative estimate of drug-likeness (QED) is 0.674. The summed E-state index contributed by atoms with van der Waals surface area (Å²) < 4.78 is 28.7. The van der Waals surface area contributed by atoms with Crippen LogP contribution in [0.25, 0.3) is 0 Å². The van der Waals surface area contributed by atoms with Gasteiger partial charge in [0.15, 0.2) is 0 Å². The fourth-order valence-electron chi connectivity index (χ4n) is 3.27. The molecule has 1 atom stereocenters. The van der Waals surface area contributed by atoms with E-state index in [1.54, 1.807) is 24.1 Å². The van der Waals surface area contributed by atoms with Gasteiger partial charge in [-0.15, -0.1) is 0 Å². The Morgan fingerprint density at radius 1 is 1.11 bits per heavy atom. The highest BCUT2D eigenvalue weighted by atomic mass is 19.3. The summed E-state index contributed by atoms with van der Waals surface area (Å²) in [4.78, 5) is 14.0. The van der Waals surface area contributed by atoms with Crippen LogP contribution in [0.15, 0.2) is 54.6 Å². The van der Waals surface area contributed by atoms with Crippen LogP contribution in [0, 0.1) is 0 Å². The van der Waals surface area contributed by atoms with Crippen LogP contribution in [0.5, 0.6) is 5.75 Å². The lowest BCUT2D eigenvalue weighted by molar-refractivity contribution is -0.0498. The molecule has 4 nitrogen and oxygen atoms in total. The Bertz CT molecular complexity index is 749. The average Bonchev–Trinajstić information content (AvgIpc) is 2.63. The van der Waals surface area contributed by atoms with Crippen molar-refractivity contribution in [2.24, 2.45) is 0 Å². The van der Waals surface area contributed by atoms with Crippen LogP contribution in [0.2, 0.25) is 0 Å². The Kier molecular flexibility index (Phi) is 7.38. The van der Waals surface area contributed by atoms with Crippen LogP contribution in [0.3, 0.4) is 0 Å². The number of alkyl halides is 2. The Morgan fingerprint density at radius 2 is 1.71 bits per heavy atom. The van der Waals surface area contributed by atoms with Gasteiger partial charge in [-0.25, -0.2) is 4.79 Å². The minimum atomic E-state index is -2.85. The Hall–Kier alpha value is -2.63. The van der Waals surface area contributed by atoms with E-state index in [1.807, 2.05) is 25.1 Å². The summed E-state index contributed by atoms with van der Waals surface area (Å²) in [5.74, 6) is 0.0996. The number of ether oxygens (including phenoxy) is 1. The molecule has 1 unspecified atom stereocenters. The number of halogens is 2. The molecule has 0 aliphatic rings. The number of benzene rings is 2. The zero-order valence-electron chi connectivity index (χ0n) is 16.8. The summed E-state index contributed by atoms with van der Waals surface area (Å²) in [7, 11) is 1.70. The summed E-state index contributed by atoms with van der Waals surface area (Å²) >= 11 is 0. The molecule has 0 fully saturated rings. The Morgan fingerprint density at radius 3 is 2.29 bits per heavy atom. The van der Waals surface area contributed by atoms with Crippen molar-refractivity contribution in [1.82, 2.24) is 10.2 Å². The molecule has 0 radical (unpaired) electrons. The van der Waals surface area contributed by atoms with Gasteiger partial charge in [0.2, 0.25) is 0 Å². The lowest BCUT2D eigenvalue weighted by Crippen LogP contribution is -2.43. The number of nitrogens with one attached hydrogen (secondary N) is 1. The summed E-state index contributed by atoms with van der Waals surface area (Å²) in [6, 6.07) is 16.3. The second-order valence-corrected chi connectivity index (χ2v) is 7.68. The second kappa shape index (κ2) is 9.53.